The summed E-state index contributed by atoms with van der Waals surface area (Å²) >= 11 is 0. The number of piperazine rings is 1. The summed E-state index contributed by atoms with van der Waals surface area (Å²) in [4.78, 5) is 28.6. The fourth-order valence-corrected chi connectivity index (χ4v) is 4.24. The minimum Gasteiger partial charge on any atom is -0.545 e. The van der Waals surface area contributed by atoms with Crippen LogP contribution in [0.15, 0.2) is 66.7 Å². The van der Waals surface area contributed by atoms with Crippen LogP contribution >= 0.6 is 0 Å². The van der Waals surface area contributed by atoms with E-state index in [4.69, 9.17) is 0 Å². The number of benzene rings is 3. The number of amides is 1. The van der Waals surface area contributed by atoms with Crippen molar-refractivity contribution in [1.82, 2.24) is 0 Å². The average molecular weight is 447 g/mol. The number of anilines is 3. The molecule has 170 valence electrons. The SMILES string of the molecule is Cc1cccc(N2CCN(c3ccc(C(=O)[O-])cc3NC(=O)c3ccccc3F)CC2C)c1. The first-order valence-electron chi connectivity index (χ1n) is 10.8. The number of nitrogens with one attached hydrogen (secondary N) is 1. The Bertz CT molecular complexity index is 1200. The zero-order valence-electron chi connectivity index (χ0n) is 18.5. The standard InChI is InChI=1S/C26H26FN3O3/c1-17-6-5-7-20(14-17)30-13-12-29(16-18(30)2)24-11-10-19(26(32)33)15-23(24)28-25(31)21-8-3-4-9-22(21)27/h3-11,14-15,18H,12-13,16H2,1-2H3,(H,28,31)(H,32,33)/p-1. The molecule has 3 aromatic carbocycles. The largest absolute Gasteiger partial charge is 0.545 e. The first-order chi connectivity index (χ1) is 15.8. The number of hydrogen-bond donors (Lipinski definition) is 1. The number of nitrogens with zero attached hydrogens (tertiary/aromatic N) is 2. The minimum absolute atomic E-state index is 0.0611. The second-order valence-electron chi connectivity index (χ2n) is 8.28. The Hall–Kier alpha value is -3.87. The van der Waals surface area contributed by atoms with Crippen LogP contribution in [0.25, 0.3) is 0 Å². The molecule has 1 amide bonds. The van der Waals surface area contributed by atoms with E-state index >= 15 is 0 Å². The van der Waals surface area contributed by atoms with Crippen molar-refractivity contribution >= 4 is 28.9 Å². The van der Waals surface area contributed by atoms with E-state index in [1.54, 1.807) is 12.1 Å². The Balaban J connectivity index is 1.60. The van der Waals surface area contributed by atoms with Gasteiger partial charge in [0.25, 0.3) is 5.91 Å². The highest BCUT2D eigenvalue weighted by atomic mass is 19.1. The van der Waals surface area contributed by atoms with Gasteiger partial charge in [0.2, 0.25) is 0 Å². The van der Waals surface area contributed by atoms with Gasteiger partial charge in [0.15, 0.2) is 0 Å². The quantitative estimate of drug-likeness (QED) is 0.650. The Morgan fingerprint density at radius 1 is 1.03 bits per heavy atom. The predicted octanol–water partition coefficient (Wildman–Crippen LogP) is 3.47. The Kier molecular flexibility index (Phi) is 6.31. The molecule has 4 rings (SSSR count). The normalized spacial score (nSPS) is 15.9. The van der Waals surface area contributed by atoms with Crippen molar-refractivity contribution in [2.75, 3.05) is 34.8 Å². The Labute approximate surface area is 192 Å². The van der Waals surface area contributed by atoms with Gasteiger partial charge in [0.05, 0.1) is 22.9 Å². The maximum Gasteiger partial charge on any atom is 0.258 e. The fourth-order valence-electron chi connectivity index (χ4n) is 4.24. The van der Waals surface area contributed by atoms with Gasteiger partial charge in [-0.15, -0.1) is 0 Å². The van der Waals surface area contributed by atoms with Crippen molar-refractivity contribution in [2.24, 2.45) is 0 Å². The lowest BCUT2D eigenvalue weighted by Crippen LogP contribution is -2.52. The zero-order chi connectivity index (χ0) is 23.5. The summed E-state index contributed by atoms with van der Waals surface area (Å²) in [5.41, 5.74) is 3.16. The molecule has 0 spiro atoms. The van der Waals surface area contributed by atoms with Crippen molar-refractivity contribution in [3.8, 4) is 0 Å². The van der Waals surface area contributed by atoms with Gasteiger partial charge in [-0.3, -0.25) is 4.79 Å². The summed E-state index contributed by atoms with van der Waals surface area (Å²) in [6.45, 7) is 6.29. The first-order valence-corrected chi connectivity index (χ1v) is 10.8. The van der Waals surface area contributed by atoms with Crippen LogP contribution < -0.4 is 20.2 Å². The summed E-state index contributed by atoms with van der Waals surface area (Å²) in [6, 6.07) is 18.7. The molecule has 1 unspecified atom stereocenters. The average Bonchev–Trinajstić information content (AvgIpc) is 2.79. The van der Waals surface area contributed by atoms with E-state index in [-0.39, 0.29) is 17.2 Å². The van der Waals surface area contributed by atoms with Crippen LogP contribution in [0.1, 0.15) is 33.2 Å². The molecule has 1 saturated heterocycles. The van der Waals surface area contributed by atoms with Crippen molar-refractivity contribution < 1.29 is 19.1 Å². The van der Waals surface area contributed by atoms with E-state index in [2.05, 4.69) is 47.2 Å². The lowest BCUT2D eigenvalue weighted by Gasteiger charge is -2.43. The summed E-state index contributed by atoms with van der Waals surface area (Å²) in [5.74, 6) is -2.63. The molecule has 7 heteroatoms. The third-order valence-corrected chi connectivity index (χ3v) is 5.90. The number of carboxylic acids is 1. The topological polar surface area (TPSA) is 75.7 Å². The number of carbonyl (C=O) groups excluding carboxylic acids is 2. The van der Waals surface area contributed by atoms with Crippen molar-refractivity contribution in [3.63, 3.8) is 0 Å². The molecule has 0 aromatic heterocycles. The zero-order valence-corrected chi connectivity index (χ0v) is 18.5. The van der Waals surface area contributed by atoms with Gasteiger partial charge >= 0.3 is 0 Å². The van der Waals surface area contributed by atoms with Gasteiger partial charge in [-0.05, 0) is 61.4 Å². The van der Waals surface area contributed by atoms with E-state index in [0.29, 0.717) is 24.5 Å². The molecule has 0 aliphatic carbocycles. The molecule has 1 fully saturated rings. The monoisotopic (exact) mass is 446 g/mol. The van der Waals surface area contributed by atoms with E-state index in [1.165, 1.54) is 35.9 Å². The molecule has 1 heterocycles. The summed E-state index contributed by atoms with van der Waals surface area (Å²) in [6.07, 6.45) is 0. The third-order valence-electron chi connectivity index (χ3n) is 5.90. The minimum atomic E-state index is -1.35. The molecule has 0 radical (unpaired) electrons. The number of halogens is 1. The molecule has 33 heavy (non-hydrogen) atoms. The van der Waals surface area contributed by atoms with Crippen molar-refractivity contribution in [1.29, 1.82) is 0 Å². The van der Waals surface area contributed by atoms with Gasteiger partial charge < -0.3 is 25.0 Å². The van der Waals surface area contributed by atoms with Gasteiger partial charge in [-0.2, -0.15) is 0 Å². The predicted molar refractivity (Wildman–Crippen MR) is 125 cm³/mol. The highest BCUT2D eigenvalue weighted by Gasteiger charge is 2.26. The number of aryl methyl sites for hydroxylation is 1. The molecule has 0 saturated carbocycles. The summed E-state index contributed by atoms with van der Waals surface area (Å²) in [5, 5.41) is 14.1. The molecule has 6 nitrogen and oxygen atoms in total. The third kappa shape index (κ3) is 4.82. The summed E-state index contributed by atoms with van der Waals surface area (Å²) < 4.78 is 14.1. The molecule has 0 bridgehead atoms. The highest BCUT2D eigenvalue weighted by Crippen LogP contribution is 2.31. The molecule has 1 aliphatic rings. The maximum atomic E-state index is 14.1. The molecule has 1 atom stereocenters. The van der Waals surface area contributed by atoms with Crippen LogP contribution in [0, 0.1) is 12.7 Å². The number of carbonyl (C=O) groups is 2. The van der Waals surface area contributed by atoms with Gasteiger partial charge in [-0.1, -0.05) is 30.3 Å². The maximum absolute atomic E-state index is 14.1. The number of rotatable bonds is 5. The van der Waals surface area contributed by atoms with Crippen LogP contribution in [0.2, 0.25) is 0 Å². The Morgan fingerprint density at radius 2 is 1.82 bits per heavy atom. The van der Waals surface area contributed by atoms with E-state index in [0.717, 1.165) is 12.2 Å². The number of carboxylic acid groups (broad SMARTS) is 1. The van der Waals surface area contributed by atoms with Crippen LogP contribution in [0.4, 0.5) is 21.5 Å². The first kappa shape index (κ1) is 22.3. The summed E-state index contributed by atoms with van der Waals surface area (Å²) in [7, 11) is 0. The van der Waals surface area contributed by atoms with Crippen molar-refractivity contribution in [2.45, 2.75) is 19.9 Å². The van der Waals surface area contributed by atoms with Crippen LogP contribution in [0.3, 0.4) is 0 Å². The molecule has 1 N–H and O–H groups in total. The Morgan fingerprint density at radius 3 is 2.52 bits per heavy atom. The van der Waals surface area contributed by atoms with Crippen LogP contribution in [-0.2, 0) is 0 Å². The second-order valence-corrected chi connectivity index (χ2v) is 8.28. The smallest absolute Gasteiger partial charge is 0.258 e. The lowest BCUT2D eigenvalue weighted by molar-refractivity contribution is -0.255. The van der Waals surface area contributed by atoms with Gasteiger partial charge in [0, 0.05) is 31.4 Å². The van der Waals surface area contributed by atoms with E-state index < -0.39 is 17.7 Å². The van der Waals surface area contributed by atoms with E-state index in [1.807, 2.05) is 6.07 Å². The van der Waals surface area contributed by atoms with Gasteiger partial charge in [-0.25, -0.2) is 4.39 Å². The highest BCUT2D eigenvalue weighted by molar-refractivity contribution is 6.06. The molecule has 1 aliphatic heterocycles. The second kappa shape index (κ2) is 9.32. The van der Waals surface area contributed by atoms with Gasteiger partial charge in [0.1, 0.15) is 5.82 Å². The van der Waals surface area contributed by atoms with E-state index in [9.17, 15) is 19.1 Å². The number of aromatic carboxylic acids is 1. The lowest BCUT2D eigenvalue weighted by atomic mass is 10.1. The van der Waals surface area contributed by atoms with Crippen LogP contribution in [-0.4, -0.2) is 37.6 Å². The van der Waals surface area contributed by atoms with Crippen LogP contribution in [0.5, 0.6) is 0 Å². The molecular weight excluding hydrogens is 421 g/mol. The molecular formula is C26H25FN3O3-. The fraction of sp³-hybridized carbons (Fsp3) is 0.231. The van der Waals surface area contributed by atoms with Crippen molar-refractivity contribution in [3.05, 3.63) is 89.2 Å². The molecule has 3 aromatic rings. The number of hydrogen-bond acceptors (Lipinski definition) is 5.